The molecule has 1 aliphatic heterocycles. The molecule has 0 aliphatic carbocycles. The van der Waals surface area contributed by atoms with Crippen LogP contribution in [0.3, 0.4) is 0 Å². The molecule has 0 unspecified atom stereocenters. The fourth-order valence-corrected chi connectivity index (χ4v) is 4.52. The minimum absolute atomic E-state index is 0.0662. The van der Waals surface area contributed by atoms with Gasteiger partial charge < -0.3 is 24.2 Å². The van der Waals surface area contributed by atoms with E-state index in [9.17, 15) is 18.0 Å². The van der Waals surface area contributed by atoms with Crippen LogP contribution >= 0.6 is 11.3 Å². The number of aryl methyl sites for hydroxylation is 1. The summed E-state index contributed by atoms with van der Waals surface area (Å²) < 4.78 is 46.3. The molecule has 4 rings (SSSR count). The van der Waals surface area contributed by atoms with Crippen molar-refractivity contribution < 1.29 is 27.8 Å². The first-order valence-electron chi connectivity index (χ1n) is 10.2. The number of aromatic nitrogens is 5. The number of ether oxygens (including phenoxy) is 1. The van der Waals surface area contributed by atoms with Gasteiger partial charge in [-0.2, -0.15) is 23.1 Å². The van der Waals surface area contributed by atoms with E-state index in [1.807, 2.05) is 17.9 Å². The number of carbonyl (C=O) groups excluding carboxylic acids is 1. The Labute approximate surface area is 190 Å². The second-order valence-electron chi connectivity index (χ2n) is 7.49. The average molecular weight is 485 g/mol. The zero-order valence-electron chi connectivity index (χ0n) is 18.0. The van der Waals surface area contributed by atoms with Gasteiger partial charge in [0.1, 0.15) is 17.3 Å². The van der Waals surface area contributed by atoms with Crippen molar-refractivity contribution in [2.75, 3.05) is 37.7 Å². The van der Waals surface area contributed by atoms with E-state index in [1.165, 1.54) is 23.2 Å². The van der Waals surface area contributed by atoms with Crippen molar-refractivity contribution >= 4 is 33.3 Å². The number of amides is 1. The zero-order valence-corrected chi connectivity index (χ0v) is 18.8. The van der Waals surface area contributed by atoms with E-state index >= 15 is 0 Å². The maximum absolute atomic E-state index is 13.2. The zero-order chi connectivity index (χ0) is 23.8. The number of halogens is 3. The Morgan fingerprint density at radius 3 is 2.76 bits per heavy atom. The quantitative estimate of drug-likeness (QED) is 0.540. The molecule has 0 radical (unpaired) electrons. The molecule has 1 N–H and O–H groups in total. The Balaban J connectivity index is 1.57. The number of anilines is 1. The van der Waals surface area contributed by atoms with Gasteiger partial charge in [-0.25, -0.2) is 0 Å². The van der Waals surface area contributed by atoms with E-state index < -0.39 is 12.0 Å². The van der Waals surface area contributed by atoms with Gasteiger partial charge >= 0.3 is 12.2 Å². The molecule has 0 spiro atoms. The third kappa shape index (κ3) is 4.85. The normalized spacial score (nSPS) is 13.9. The highest BCUT2D eigenvalue weighted by Crippen LogP contribution is 2.35. The third-order valence-electron chi connectivity index (χ3n) is 5.19. The highest BCUT2D eigenvalue weighted by atomic mass is 32.1. The number of aliphatic hydroxyl groups excluding tert-OH is 1. The molecule has 10 nitrogen and oxygen atoms in total. The Morgan fingerprint density at radius 2 is 2.06 bits per heavy atom. The van der Waals surface area contributed by atoms with Gasteiger partial charge in [-0.3, -0.25) is 4.79 Å². The van der Waals surface area contributed by atoms with Crippen molar-refractivity contribution in [2.45, 2.75) is 33.1 Å². The smallest absolute Gasteiger partial charge is 0.451 e. The molecular weight excluding hydrogens is 463 g/mol. The van der Waals surface area contributed by atoms with E-state index in [-0.39, 0.29) is 63.7 Å². The van der Waals surface area contributed by atoms with Crippen molar-refractivity contribution in [3.8, 4) is 6.01 Å². The van der Waals surface area contributed by atoms with Gasteiger partial charge in [0, 0.05) is 31.4 Å². The lowest BCUT2D eigenvalue weighted by Crippen LogP contribution is -2.36. The maximum Gasteiger partial charge on any atom is 0.451 e. The fourth-order valence-electron chi connectivity index (χ4n) is 3.66. The third-order valence-corrected chi connectivity index (χ3v) is 6.13. The summed E-state index contributed by atoms with van der Waals surface area (Å²) in [4.78, 5) is 25.6. The number of aliphatic hydroxyl groups is 1. The van der Waals surface area contributed by atoms with Gasteiger partial charge in [-0.05, 0) is 13.0 Å². The summed E-state index contributed by atoms with van der Waals surface area (Å²) >= 11 is 1.45. The number of hydrogen-bond acceptors (Lipinski definition) is 9. The molecule has 4 heterocycles. The van der Waals surface area contributed by atoms with Crippen molar-refractivity contribution in [3.63, 3.8) is 0 Å². The second-order valence-corrected chi connectivity index (χ2v) is 8.73. The monoisotopic (exact) mass is 485 g/mol. The highest BCUT2D eigenvalue weighted by molar-refractivity contribution is 7.18. The van der Waals surface area contributed by atoms with Crippen LogP contribution in [0.2, 0.25) is 0 Å². The Kier molecular flexibility index (Phi) is 6.38. The van der Waals surface area contributed by atoms with Crippen LogP contribution in [0.5, 0.6) is 6.01 Å². The van der Waals surface area contributed by atoms with E-state index in [4.69, 9.17) is 9.84 Å². The first-order valence-corrected chi connectivity index (χ1v) is 11.0. The number of fused-ring (bicyclic) bond motifs is 2. The Bertz CT molecular complexity index is 1160. The molecule has 33 heavy (non-hydrogen) atoms. The van der Waals surface area contributed by atoms with Gasteiger partial charge in [0.05, 0.1) is 25.1 Å². The minimum atomic E-state index is -4.56. The van der Waals surface area contributed by atoms with Gasteiger partial charge in [0.2, 0.25) is 11.7 Å². The van der Waals surface area contributed by atoms with Crippen molar-refractivity contribution in [3.05, 3.63) is 22.6 Å². The first-order chi connectivity index (χ1) is 15.7. The minimum Gasteiger partial charge on any atom is -0.461 e. The second kappa shape index (κ2) is 9.09. The van der Waals surface area contributed by atoms with Crippen LogP contribution in [0, 0.1) is 6.92 Å². The van der Waals surface area contributed by atoms with Crippen LogP contribution in [0.25, 0.3) is 10.2 Å². The molecular formula is C19H22F3N7O3S. The molecule has 0 fully saturated rings. The van der Waals surface area contributed by atoms with Gasteiger partial charge in [0.25, 0.3) is 0 Å². The Hall–Kier alpha value is -3.00. The summed E-state index contributed by atoms with van der Waals surface area (Å²) in [5.41, 5.74) is 0. The summed E-state index contributed by atoms with van der Waals surface area (Å²) in [5.74, 6) is -0.440. The van der Waals surface area contributed by atoms with Crippen molar-refractivity contribution in [1.29, 1.82) is 0 Å². The summed E-state index contributed by atoms with van der Waals surface area (Å²) in [5, 5.41) is 16.9. The number of rotatable bonds is 7. The van der Waals surface area contributed by atoms with Crippen LogP contribution in [0.15, 0.2) is 6.07 Å². The van der Waals surface area contributed by atoms with Crippen LogP contribution in [0.4, 0.5) is 19.0 Å². The molecule has 0 saturated carbocycles. The lowest BCUT2D eigenvalue weighted by atomic mass is 10.3. The average Bonchev–Trinajstić information content (AvgIpc) is 3.34. The summed E-state index contributed by atoms with van der Waals surface area (Å²) in [6.07, 6.45) is -4.56. The van der Waals surface area contributed by atoms with Crippen molar-refractivity contribution in [2.24, 2.45) is 0 Å². The molecule has 1 aliphatic rings. The number of alkyl halides is 3. The summed E-state index contributed by atoms with van der Waals surface area (Å²) in [7, 11) is 0. The predicted molar refractivity (Wildman–Crippen MR) is 113 cm³/mol. The molecule has 0 bridgehead atoms. The highest BCUT2D eigenvalue weighted by Gasteiger charge is 2.39. The molecule has 178 valence electrons. The molecule has 0 aromatic carbocycles. The number of hydrogen-bond donors (Lipinski definition) is 1. The maximum atomic E-state index is 13.2. The molecule has 14 heteroatoms. The number of carbonyl (C=O) groups is 1. The first kappa shape index (κ1) is 23.2. The van der Waals surface area contributed by atoms with E-state index in [0.29, 0.717) is 10.6 Å². The topological polar surface area (TPSA) is 110 Å². The van der Waals surface area contributed by atoms with Gasteiger partial charge in [0.15, 0.2) is 5.82 Å². The van der Waals surface area contributed by atoms with Crippen LogP contribution in [-0.2, 0) is 24.1 Å². The molecule has 0 saturated heterocycles. The van der Waals surface area contributed by atoms with Gasteiger partial charge in [-0.1, -0.05) is 0 Å². The van der Waals surface area contributed by atoms with E-state index in [0.717, 1.165) is 14.8 Å². The van der Waals surface area contributed by atoms with Crippen LogP contribution in [0.1, 0.15) is 23.4 Å². The molecule has 3 aromatic heterocycles. The SMILES string of the molecule is CC(=O)N(CCO)CCOc1nc(N2CCn3c(nnc3C(F)(F)F)C2)c2cc(C)sc2n1. The van der Waals surface area contributed by atoms with Gasteiger partial charge in [-0.15, -0.1) is 21.5 Å². The molecule has 0 atom stereocenters. The van der Waals surface area contributed by atoms with E-state index in [1.54, 1.807) is 0 Å². The lowest BCUT2D eigenvalue weighted by molar-refractivity contribution is -0.147. The lowest BCUT2D eigenvalue weighted by Gasteiger charge is -2.29. The molecule has 3 aromatic rings. The summed E-state index contributed by atoms with van der Waals surface area (Å²) in [6, 6.07) is 2.04. The Morgan fingerprint density at radius 1 is 1.27 bits per heavy atom. The fraction of sp³-hybridized carbons (Fsp3) is 0.526. The number of thiophene rings is 1. The largest absolute Gasteiger partial charge is 0.461 e. The summed E-state index contributed by atoms with van der Waals surface area (Å²) in [6.45, 7) is 4.21. The predicted octanol–water partition coefficient (Wildman–Crippen LogP) is 1.85. The van der Waals surface area contributed by atoms with Crippen LogP contribution in [-0.4, -0.2) is 73.5 Å². The van der Waals surface area contributed by atoms with E-state index in [2.05, 4.69) is 20.2 Å². The number of nitrogens with zero attached hydrogens (tertiary/aromatic N) is 7. The van der Waals surface area contributed by atoms with Crippen molar-refractivity contribution in [1.82, 2.24) is 29.6 Å². The standard InChI is InChI=1S/C19H22F3N7O3S/c1-11-9-13-15(28-3-4-29-14(10-28)25-26-17(29)19(20,21)22)23-18(24-16(13)33-11)32-8-6-27(5-7-30)12(2)31/h9,30H,3-8,10H2,1-2H3. The molecule has 1 amide bonds. The van der Waals surface area contributed by atoms with Crippen LogP contribution < -0.4 is 9.64 Å².